The summed E-state index contributed by atoms with van der Waals surface area (Å²) >= 11 is 0. The van der Waals surface area contributed by atoms with Crippen molar-refractivity contribution < 1.29 is 18.7 Å². The van der Waals surface area contributed by atoms with E-state index in [1.807, 2.05) is 0 Å². The van der Waals surface area contributed by atoms with E-state index >= 15 is 0 Å². The molecule has 0 spiro atoms. The fourth-order valence-corrected chi connectivity index (χ4v) is 2.31. The number of carbonyl (C=O) groups excluding carboxylic acids is 2. The molecule has 2 aromatic carbocycles. The Hall–Kier alpha value is -2.89. The van der Waals surface area contributed by atoms with Crippen LogP contribution in [0.15, 0.2) is 42.5 Å². The number of halogens is 1. The molecule has 1 heterocycles. The van der Waals surface area contributed by atoms with Crippen LogP contribution in [0.5, 0.6) is 5.75 Å². The van der Waals surface area contributed by atoms with E-state index in [1.165, 1.54) is 6.07 Å². The van der Waals surface area contributed by atoms with Crippen LogP contribution in [0.3, 0.4) is 0 Å². The number of hydrogen-bond donors (Lipinski definition) is 2. The summed E-state index contributed by atoms with van der Waals surface area (Å²) < 4.78 is 19.0. The van der Waals surface area contributed by atoms with Gasteiger partial charge < -0.3 is 15.4 Å². The van der Waals surface area contributed by atoms with Crippen LogP contribution in [-0.2, 0) is 16.0 Å². The molecule has 0 saturated carbocycles. The Balaban J connectivity index is 1.71. The third kappa shape index (κ3) is 3.31. The Kier molecular flexibility index (Phi) is 3.97. The molecule has 1 atom stereocenters. The summed E-state index contributed by atoms with van der Waals surface area (Å²) in [5.41, 5.74) is 1.33. The summed E-state index contributed by atoms with van der Waals surface area (Å²) in [7, 11) is 0. The summed E-state index contributed by atoms with van der Waals surface area (Å²) in [6.07, 6.45) is -0.618. The maximum atomic E-state index is 13.5. The van der Waals surface area contributed by atoms with Crippen LogP contribution in [0.4, 0.5) is 15.8 Å². The quantitative estimate of drug-likeness (QED) is 0.915. The van der Waals surface area contributed by atoms with E-state index in [9.17, 15) is 14.0 Å². The zero-order chi connectivity index (χ0) is 16.4. The van der Waals surface area contributed by atoms with Gasteiger partial charge in [0.25, 0.3) is 5.91 Å². The molecular formula is C17H15FN2O3. The highest BCUT2D eigenvalue weighted by Gasteiger charge is 2.23. The highest BCUT2D eigenvalue weighted by atomic mass is 19.1. The van der Waals surface area contributed by atoms with E-state index in [0.29, 0.717) is 22.7 Å². The largest absolute Gasteiger partial charge is 0.479 e. The average molecular weight is 314 g/mol. The van der Waals surface area contributed by atoms with Gasteiger partial charge in [0.1, 0.15) is 11.6 Å². The van der Waals surface area contributed by atoms with Crippen molar-refractivity contribution in [1.29, 1.82) is 0 Å². The molecule has 1 aliphatic heterocycles. The molecule has 118 valence electrons. The van der Waals surface area contributed by atoms with E-state index in [2.05, 4.69) is 10.6 Å². The van der Waals surface area contributed by atoms with E-state index in [-0.39, 0.29) is 18.2 Å². The second-order valence-corrected chi connectivity index (χ2v) is 5.28. The lowest BCUT2D eigenvalue weighted by Crippen LogP contribution is -2.34. The molecule has 1 aliphatic rings. The molecule has 0 bridgehead atoms. The Labute approximate surface area is 132 Å². The van der Waals surface area contributed by atoms with Gasteiger partial charge in [-0.3, -0.25) is 9.59 Å². The minimum absolute atomic E-state index is 0.0658. The van der Waals surface area contributed by atoms with Crippen molar-refractivity contribution in [2.75, 3.05) is 10.6 Å². The Morgan fingerprint density at radius 2 is 2.09 bits per heavy atom. The first-order valence-electron chi connectivity index (χ1n) is 7.18. The van der Waals surface area contributed by atoms with Crippen LogP contribution < -0.4 is 15.4 Å². The topological polar surface area (TPSA) is 67.4 Å². The second kappa shape index (κ2) is 6.08. The lowest BCUT2D eigenvalue weighted by molar-refractivity contribution is -0.122. The van der Waals surface area contributed by atoms with Gasteiger partial charge in [0.15, 0.2) is 6.10 Å². The monoisotopic (exact) mass is 314 g/mol. The smallest absolute Gasteiger partial charge is 0.265 e. The number of carbonyl (C=O) groups is 2. The average Bonchev–Trinajstić information content (AvgIpc) is 2.51. The fourth-order valence-electron chi connectivity index (χ4n) is 2.31. The lowest BCUT2D eigenvalue weighted by atomic mass is 10.1. The predicted molar refractivity (Wildman–Crippen MR) is 83.9 cm³/mol. The number of nitrogens with one attached hydrogen (secondary N) is 2. The number of ether oxygens (including phenoxy) is 1. The van der Waals surface area contributed by atoms with E-state index in [1.54, 1.807) is 43.3 Å². The van der Waals surface area contributed by atoms with Crippen molar-refractivity contribution in [3.63, 3.8) is 0 Å². The Bertz CT molecular complexity index is 776. The zero-order valence-electron chi connectivity index (χ0n) is 12.4. The molecule has 2 amide bonds. The number of hydrogen-bond acceptors (Lipinski definition) is 3. The summed E-state index contributed by atoms with van der Waals surface area (Å²) in [6.45, 7) is 1.66. The summed E-state index contributed by atoms with van der Waals surface area (Å²) in [5.74, 6) is -0.453. The number of amides is 2. The fraction of sp³-hybridized carbons (Fsp3) is 0.176. The standard InChI is InChI=1S/C17H15FN2O3/c1-10-17(22)20-14-9-12(6-7-15(14)23-10)19-16(21)8-11-4-2-3-5-13(11)18/h2-7,9-10H,8H2,1H3,(H,19,21)(H,20,22)/t10-/m0/s1. The zero-order valence-corrected chi connectivity index (χ0v) is 12.4. The minimum Gasteiger partial charge on any atom is -0.479 e. The molecule has 0 aromatic heterocycles. The lowest BCUT2D eigenvalue weighted by Gasteiger charge is -2.23. The minimum atomic E-state index is -0.552. The summed E-state index contributed by atoms with van der Waals surface area (Å²) in [5, 5.41) is 5.39. The maximum absolute atomic E-state index is 13.5. The van der Waals surface area contributed by atoms with Gasteiger partial charge in [0.05, 0.1) is 12.1 Å². The van der Waals surface area contributed by atoms with Gasteiger partial charge in [-0.1, -0.05) is 18.2 Å². The molecule has 2 aromatic rings. The van der Waals surface area contributed by atoms with Crippen LogP contribution in [0.1, 0.15) is 12.5 Å². The first-order valence-corrected chi connectivity index (χ1v) is 7.18. The van der Waals surface area contributed by atoms with Crippen LogP contribution in [0, 0.1) is 5.82 Å². The van der Waals surface area contributed by atoms with Crippen molar-refractivity contribution in [3.05, 3.63) is 53.8 Å². The number of rotatable bonds is 3. The summed E-state index contributed by atoms with van der Waals surface area (Å²) in [4.78, 5) is 23.6. The van der Waals surface area contributed by atoms with Gasteiger partial charge in [-0.15, -0.1) is 0 Å². The highest BCUT2D eigenvalue weighted by molar-refractivity contribution is 5.99. The number of fused-ring (bicyclic) bond motifs is 1. The molecule has 0 radical (unpaired) electrons. The van der Waals surface area contributed by atoms with E-state index < -0.39 is 11.9 Å². The van der Waals surface area contributed by atoms with E-state index in [0.717, 1.165) is 0 Å². The molecule has 6 heteroatoms. The number of anilines is 2. The van der Waals surface area contributed by atoms with Crippen molar-refractivity contribution in [2.45, 2.75) is 19.4 Å². The first-order chi connectivity index (χ1) is 11.0. The van der Waals surface area contributed by atoms with Crippen molar-refractivity contribution in [3.8, 4) is 5.75 Å². The van der Waals surface area contributed by atoms with Crippen molar-refractivity contribution >= 4 is 23.2 Å². The highest BCUT2D eigenvalue weighted by Crippen LogP contribution is 2.32. The van der Waals surface area contributed by atoms with Gasteiger partial charge in [-0.25, -0.2) is 4.39 Å². The second-order valence-electron chi connectivity index (χ2n) is 5.28. The van der Waals surface area contributed by atoms with Gasteiger partial charge in [-0.05, 0) is 36.8 Å². The third-order valence-corrected chi connectivity index (χ3v) is 3.50. The van der Waals surface area contributed by atoms with Crippen molar-refractivity contribution in [1.82, 2.24) is 0 Å². The van der Waals surface area contributed by atoms with Crippen LogP contribution >= 0.6 is 0 Å². The van der Waals surface area contributed by atoms with Crippen molar-refractivity contribution in [2.24, 2.45) is 0 Å². The van der Waals surface area contributed by atoms with Gasteiger partial charge in [-0.2, -0.15) is 0 Å². The first kappa shape index (κ1) is 15.0. The Morgan fingerprint density at radius 1 is 1.30 bits per heavy atom. The molecular weight excluding hydrogens is 299 g/mol. The molecule has 0 fully saturated rings. The predicted octanol–water partition coefficient (Wildman–Crippen LogP) is 2.73. The Morgan fingerprint density at radius 3 is 2.87 bits per heavy atom. The summed E-state index contributed by atoms with van der Waals surface area (Å²) in [6, 6.07) is 11.1. The normalized spacial score (nSPS) is 16.1. The van der Waals surface area contributed by atoms with Gasteiger partial charge in [0, 0.05) is 5.69 Å². The molecule has 0 unspecified atom stereocenters. The van der Waals surface area contributed by atoms with Gasteiger partial charge >= 0.3 is 0 Å². The maximum Gasteiger partial charge on any atom is 0.265 e. The molecule has 0 aliphatic carbocycles. The molecule has 23 heavy (non-hydrogen) atoms. The van der Waals surface area contributed by atoms with Crippen LogP contribution in [0.25, 0.3) is 0 Å². The third-order valence-electron chi connectivity index (χ3n) is 3.50. The van der Waals surface area contributed by atoms with Crippen LogP contribution in [-0.4, -0.2) is 17.9 Å². The molecule has 0 saturated heterocycles. The SMILES string of the molecule is C[C@@H]1Oc2ccc(NC(=O)Cc3ccccc3F)cc2NC1=O. The molecule has 2 N–H and O–H groups in total. The number of benzene rings is 2. The molecule has 3 rings (SSSR count). The van der Waals surface area contributed by atoms with Crippen LogP contribution in [0.2, 0.25) is 0 Å². The van der Waals surface area contributed by atoms with E-state index in [4.69, 9.17) is 4.74 Å². The molecule has 5 nitrogen and oxygen atoms in total. The van der Waals surface area contributed by atoms with Gasteiger partial charge in [0.2, 0.25) is 5.91 Å².